The number of halogens is 1. The number of carbonyl (C=O) groups excluding carboxylic acids is 1. The van der Waals surface area contributed by atoms with Gasteiger partial charge in [0.1, 0.15) is 11.9 Å². The van der Waals surface area contributed by atoms with E-state index < -0.39 is 35.0 Å². The number of hydrogen-bond acceptors (Lipinski definition) is 7. The summed E-state index contributed by atoms with van der Waals surface area (Å²) in [6.45, 7) is 0.538. The molecule has 0 aliphatic rings. The van der Waals surface area contributed by atoms with E-state index in [2.05, 4.69) is 20.6 Å². The summed E-state index contributed by atoms with van der Waals surface area (Å²) >= 11 is 0. The molecule has 1 amide bonds. The molecule has 0 bridgehead atoms. The molecule has 0 saturated heterocycles. The van der Waals surface area contributed by atoms with Crippen LogP contribution in [0.5, 0.6) is 0 Å². The van der Waals surface area contributed by atoms with Crippen molar-refractivity contribution < 1.29 is 19.1 Å². The van der Waals surface area contributed by atoms with Gasteiger partial charge in [-0.3, -0.25) is 24.1 Å². The van der Waals surface area contributed by atoms with Crippen molar-refractivity contribution in [1.29, 1.82) is 0 Å². The Morgan fingerprint density at radius 2 is 1.67 bits per heavy atom. The minimum absolute atomic E-state index is 0.117. The summed E-state index contributed by atoms with van der Waals surface area (Å²) in [7, 11) is 1.54. The summed E-state index contributed by atoms with van der Waals surface area (Å²) in [5.41, 5.74) is 1.39. The van der Waals surface area contributed by atoms with Crippen LogP contribution in [0.25, 0.3) is 16.6 Å². The van der Waals surface area contributed by atoms with Gasteiger partial charge in [0.15, 0.2) is 0 Å². The van der Waals surface area contributed by atoms with E-state index in [0.717, 1.165) is 10.1 Å². The monoisotopic (exact) mass is 582 g/mol. The molecule has 1 atom stereocenters. The first kappa shape index (κ1) is 28.9. The molecular formula is C31H27FN6O5. The molecule has 43 heavy (non-hydrogen) atoms. The zero-order valence-electron chi connectivity index (χ0n) is 23.0. The van der Waals surface area contributed by atoms with E-state index in [9.17, 15) is 28.7 Å². The molecule has 0 saturated carbocycles. The molecule has 5 rings (SSSR count). The minimum Gasteiger partial charge on any atom is -0.480 e. The van der Waals surface area contributed by atoms with Crippen LogP contribution in [0.2, 0.25) is 0 Å². The molecule has 0 radical (unpaired) electrons. The molecule has 12 heteroatoms. The molecular weight excluding hydrogens is 555 g/mol. The Hall–Kier alpha value is -5.65. The van der Waals surface area contributed by atoms with Crippen LogP contribution in [0.1, 0.15) is 21.5 Å². The third-order valence-electron chi connectivity index (χ3n) is 7.02. The fourth-order valence-electron chi connectivity index (χ4n) is 4.69. The highest BCUT2D eigenvalue weighted by atomic mass is 19.1. The standard InChI is InChI=1S/C31H27FN6O5/c1-37-27-18-34-14-11-24(27)29(40)38(31(37)43)22-5-2-20(3-6-22)16-26(30(41)42)36-28(39)23-7-4-21(17-25(23)32)35-15-10-19-8-12-33-13-9-19/h2-9,11-14,17-18,26,35H,10,15-16H2,1H3,(H,36,39)(H,41,42)/t26-/m0/s1. The van der Waals surface area contributed by atoms with Crippen molar-refractivity contribution >= 4 is 28.5 Å². The highest BCUT2D eigenvalue weighted by Gasteiger charge is 2.23. The maximum absolute atomic E-state index is 14.8. The molecule has 0 aliphatic carbocycles. The molecule has 11 nitrogen and oxygen atoms in total. The summed E-state index contributed by atoms with van der Waals surface area (Å²) < 4.78 is 17.1. The number of amides is 1. The van der Waals surface area contributed by atoms with Crippen LogP contribution >= 0.6 is 0 Å². The average Bonchev–Trinajstić information content (AvgIpc) is 3.01. The third-order valence-corrected chi connectivity index (χ3v) is 7.02. The fourth-order valence-corrected chi connectivity index (χ4v) is 4.69. The van der Waals surface area contributed by atoms with Gasteiger partial charge in [0, 0.05) is 44.3 Å². The van der Waals surface area contributed by atoms with Crippen molar-refractivity contribution in [3.8, 4) is 5.69 Å². The van der Waals surface area contributed by atoms with E-state index >= 15 is 0 Å². The fraction of sp³-hybridized carbons (Fsp3) is 0.161. The van der Waals surface area contributed by atoms with Crippen molar-refractivity contribution in [2.45, 2.75) is 18.9 Å². The van der Waals surface area contributed by atoms with Gasteiger partial charge >= 0.3 is 11.7 Å². The minimum atomic E-state index is -1.36. The van der Waals surface area contributed by atoms with Gasteiger partial charge in [-0.1, -0.05) is 12.1 Å². The number of hydrogen-bond donors (Lipinski definition) is 3. The first-order valence-electron chi connectivity index (χ1n) is 13.3. The molecule has 0 spiro atoms. The molecule has 5 aromatic rings. The number of nitrogens with zero attached hydrogens (tertiary/aromatic N) is 4. The Morgan fingerprint density at radius 3 is 2.37 bits per heavy atom. The lowest BCUT2D eigenvalue weighted by Gasteiger charge is -2.16. The van der Waals surface area contributed by atoms with Crippen molar-refractivity contribution in [2.75, 3.05) is 11.9 Å². The van der Waals surface area contributed by atoms with Crippen LogP contribution in [0.3, 0.4) is 0 Å². The molecule has 0 aliphatic heterocycles. The lowest BCUT2D eigenvalue weighted by atomic mass is 10.0. The molecule has 0 unspecified atom stereocenters. The number of aliphatic carboxylic acids is 1. The van der Waals surface area contributed by atoms with E-state index in [1.54, 1.807) is 30.6 Å². The van der Waals surface area contributed by atoms with Gasteiger partial charge in [0.25, 0.3) is 11.5 Å². The summed E-state index contributed by atoms with van der Waals surface area (Å²) in [6.07, 6.45) is 6.87. The number of carbonyl (C=O) groups is 2. The summed E-state index contributed by atoms with van der Waals surface area (Å²) in [6, 6.07) is 14.1. The predicted octanol–water partition coefficient (Wildman–Crippen LogP) is 2.70. The smallest absolute Gasteiger partial charge is 0.335 e. The van der Waals surface area contributed by atoms with Gasteiger partial charge in [-0.25, -0.2) is 18.5 Å². The van der Waals surface area contributed by atoms with Gasteiger partial charge in [-0.2, -0.15) is 0 Å². The maximum atomic E-state index is 14.8. The SMILES string of the molecule is Cn1c(=O)n(-c2ccc(C[C@H](NC(=O)c3ccc(NCCc4ccncc4)cc3F)C(=O)O)cc2)c(=O)c2ccncc21. The van der Waals surface area contributed by atoms with Crippen LogP contribution in [-0.2, 0) is 24.7 Å². The van der Waals surface area contributed by atoms with E-state index in [0.29, 0.717) is 40.8 Å². The lowest BCUT2D eigenvalue weighted by molar-refractivity contribution is -0.139. The second kappa shape index (κ2) is 12.5. The summed E-state index contributed by atoms with van der Waals surface area (Å²) in [5.74, 6) is -2.97. The van der Waals surface area contributed by atoms with Crippen molar-refractivity contribution in [2.24, 2.45) is 7.05 Å². The summed E-state index contributed by atoms with van der Waals surface area (Å²) in [4.78, 5) is 58.7. The van der Waals surface area contributed by atoms with Gasteiger partial charge < -0.3 is 15.7 Å². The van der Waals surface area contributed by atoms with Gasteiger partial charge in [-0.05, 0) is 66.1 Å². The maximum Gasteiger partial charge on any atom is 0.335 e. The Balaban J connectivity index is 1.27. The number of fused-ring (bicyclic) bond motifs is 1. The van der Waals surface area contributed by atoms with E-state index in [-0.39, 0.29) is 12.0 Å². The third kappa shape index (κ3) is 6.32. The topological polar surface area (TPSA) is 148 Å². The molecule has 2 aromatic carbocycles. The number of aryl methyl sites for hydroxylation is 1. The van der Waals surface area contributed by atoms with Crippen LogP contribution in [-0.4, -0.2) is 48.7 Å². The highest BCUT2D eigenvalue weighted by Crippen LogP contribution is 2.16. The molecule has 3 N–H and O–H groups in total. The van der Waals surface area contributed by atoms with E-state index in [1.165, 1.54) is 54.3 Å². The summed E-state index contributed by atoms with van der Waals surface area (Å²) in [5, 5.41) is 15.5. The van der Waals surface area contributed by atoms with Crippen molar-refractivity contribution in [3.63, 3.8) is 0 Å². The van der Waals surface area contributed by atoms with Gasteiger partial charge in [-0.15, -0.1) is 0 Å². The highest BCUT2D eigenvalue weighted by molar-refractivity contribution is 5.97. The van der Waals surface area contributed by atoms with Crippen LogP contribution in [0.4, 0.5) is 10.1 Å². The number of benzene rings is 2. The quantitative estimate of drug-likeness (QED) is 0.228. The molecule has 0 fully saturated rings. The Labute approximate surface area is 244 Å². The normalized spacial score (nSPS) is 11.7. The first-order valence-corrected chi connectivity index (χ1v) is 13.3. The van der Waals surface area contributed by atoms with E-state index in [4.69, 9.17) is 0 Å². The number of nitrogens with one attached hydrogen (secondary N) is 2. The zero-order valence-corrected chi connectivity index (χ0v) is 23.0. The number of aromatic nitrogens is 4. The average molecular weight is 583 g/mol. The van der Waals surface area contributed by atoms with Crippen LogP contribution in [0.15, 0.2) is 95.0 Å². The zero-order chi connectivity index (χ0) is 30.5. The number of rotatable bonds is 10. The van der Waals surface area contributed by atoms with Gasteiger partial charge in [0.2, 0.25) is 0 Å². The second-order valence-electron chi connectivity index (χ2n) is 9.84. The number of anilines is 1. The Bertz CT molecular complexity index is 1920. The van der Waals surface area contributed by atoms with Crippen LogP contribution in [0, 0.1) is 5.82 Å². The first-order chi connectivity index (χ1) is 20.7. The second-order valence-corrected chi connectivity index (χ2v) is 9.84. The Morgan fingerprint density at radius 1 is 0.953 bits per heavy atom. The Kier molecular flexibility index (Phi) is 8.37. The van der Waals surface area contributed by atoms with Gasteiger partial charge in [0.05, 0.1) is 28.4 Å². The van der Waals surface area contributed by atoms with E-state index in [1.807, 2.05) is 12.1 Å². The van der Waals surface area contributed by atoms with Crippen molar-refractivity contribution in [1.82, 2.24) is 24.4 Å². The van der Waals surface area contributed by atoms with Crippen molar-refractivity contribution in [3.05, 3.63) is 129 Å². The molecule has 218 valence electrons. The molecule has 3 aromatic heterocycles. The van der Waals surface area contributed by atoms with Crippen LogP contribution < -0.4 is 21.9 Å². The largest absolute Gasteiger partial charge is 0.480 e. The predicted molar refractivity (Wildman–Crippen MR) is 158 cm³/mol. The molecule has 3 heterocycles. The number of carboxylic acids is 1. The lowest BCUT2D eigenvalue weighted by Crippen LogP contribution is -2.42. The number of pyridine rings is 2. The number of carboxylic acid groups (broad SMARTS) is 1.